The van der Waals surface area contributed by atoms with Crippen molar-refractivity contribution in [3.63, 3.8) is 0 Å². The van der Waals surface area contributed by atoms with Crippen LogP contribution in [-0.4, -0.2) is 29.9 Å². The highest BCUT2D eigenvalue weighted by molar-refractivity contribution is 5.82. The number of hydrogen-bond acceptors (Lipinski definition) is 2. The summed E-state index contributed by atoms with van der Waals surface area (Å²) in [6.07, 6.45) is 2.05. The van der Waals surface area contributed by atoms with Crippen LogP contribution in [0.4, 0.5) is 4.39 Å². The molecule has 2 unspecified atom stereocenters. The van der Waals surface area contributed by atoms with Gasteiger partial charge in [-0.2, -0.15) is 0 Å². The van der Waals surface area contributed by atoms with Crippen molar-refractivity contribution in [2.75, 3.05) is 13.1 Å². The fourth-order valence-electron chi connectivity index (χ4n) is 3.00. The molecule has 2 saturated heterocycles. The van der Waals surface area contributed by atoms with Crippen molar-refractivity contribution in [1.82, 2.24) is 10.2 Å². The Morgan fingerprint density at radius 2 is 2.33 bits per heavy atom. The predicted molar refractivity (Wildman–Crippen MR) is 66.3 cm³/mol. The molecular weight excluding hydrogens is 231 g/mol. The van der Waals surface area contributed by atoms with E-state index in [4.69, 9.17) is 0 Å². The minimum atomic E-state index is -0.241. The molecular formula is C14H17FN2O. The minimum absolute atomic E-state index is 0.132. The van der Waals surface area contributed by atoms with E-state index in [0.29, 0.717) is 12.6 Å². The van der Waals surface area contributed by atoms with Crippen LogP contribution in [0.15, 0.2) is 24.3 Å². The van der Waals surface area contributed by atoms with Crippen molar-refractivity contribution in [3.05, 3.63) is 35.6 Å². The van der Waals surface area contributed by atoms with E-state index in [1.807, 2.05) is 11.0 Å². The van der Waals surface area contributed by atoms with Gasteiger partial charge in [-0.3, -0.25) is 4.79 Å². The molecule has 4 heteroatoms. The van der Waals surface area contributed by atoms with E-state index in [1.165, 1.54) is 12.1 Å². The second kappa shape index (κ2) is 4.69. The highest BCUT2D eigenvalue weighted by Gasteiger charge is 2.41. The zero-order valence-electron chi connectivity index (χ0n) is 10.2. The number of amides is 1. The molecule has 18 heavy (non-hydrogen) atoms. The van der Waals surface area contributed by atoms with Crippen molar-refractivity contribution in [2.24, 2.45) is 5.92 Å². The largest absolute Gasteiger partial charge is 0.336 e. The summed E-state index contributed by atoms with van der Waals surface area (Å²) in [5, 5.41) is 3.40. The highest BCUT2D eigenvalue weighted by atomic mass is 19.1. The highest BCUT2D eigenvalue weighted by Crippen LogP contribution is 2.27. The summed E-state index contributed by atoms with van der Waals surface area (Å²) in [5.74, 6) is 0.110. The molecule has 1 amide bonds. The Hall–Kier alpha value is -1.42. The van der Waals surface area contributed by atoms with Gasteiger partial charge in [-0.1, -0.05) is 12.1 Å². The summed E-state index contributed by atoms with van der Waals surface area (Å²) < 4.78 is 13.1. The molecule has 3 nitrogen and oxygen atoms in total. The SMILES string of the molecule is O=C1C2CCCNC2CN1Cc1cccc(F)c1. The molecule has 0 saturated carbocycles. The standard InChI is InChI=1S/C14H17FN2O/c15-11-4-1-3-10(7-11)8-17-9-13-12(14(17)18)5-2-6-16-13/h1,3-4,7,12-13,16H,2,5-6,8-9H2. The van der Waals surface area contributed by atoms with Gasteiger partial charge in [0.2, 0.25) is 5.91 Å². The van der Waals surface area contributed by atoms with E-state index >= 15 is 0 Å². The van der Waals surface area contributed by atoms with Gasteiger partial charge in [-0.15, -0.1) is 0 Å². The Labute approximate surface area is 106 Å². The third-order valence-electron chi connectivity index (χ3n) is 3.89. The van der Waals surface area contributed by atoms with Crippen molar-refractivity contribution in [3.8, 4) is 0 Å². The summed E-state index contributed by atoms with van der Waals surface area (Å²) in [5.41, 5.74) is 0.863. The maximum Gasteiger partial charge on any atom is 0.227 e. The van der Waals surface area contributed by atoms with Gasteiger partial charge < -0.3 is 10.2 Å². The molecule has 1 aromatic carbocycles. The first kappa shape index (κ1) is 11.7. The lowest BCUT2D eigenvalue weighted by atomic mass is 9.94. The molecule has 0 radical (unpaired) electrons. The lowest BCUT2D eigenvalue weighted by molar-refractivity contribution is -0.131. The van der Waals surface area contributed by atoms with Crippen molar-refractivity contribution in [1.29, 1.82) is 0 Å². The first-order valence-corrected chi connectivity index (χ1v) is 6.50. The van der Waals surface area contributed by atoms with Crippen molar-refractivity contribution < 1.29 is 9.18 Å². The molecule has 2 fully saturated rings. The van der Waals surface area contributed by atoms with Crippen LogP contribution in [0.25, 0.3) is 0 Å². The Morgan fingerprint density at radius 3 is 3.11 bits per heavy atom. The number of nitrogens with zero attached hydrogens (tertiary/aromatic N) is 1. The molecule has 3 rings (SSSR count). The molecule has 96 valence electrons. The number of halogens is 1. The smallest absolute Gasteiger partial charge is 0.227 e. The molecule has 0 aromatic heterocycles. The van der Waals surface area contributed by atoms with Gasteiger partial charge in [0.05, 0.1) is 5.92 Å². The van der Waals surface area contributed by atoms with Gasteiger partial charge in [-0.05, 0) is 37.1 Å². The Balaban J connectivity index is 1.72. The van der Waals surface area contributed by atoms with Crippen LogP contribution in [0.5, 0.6) is 0 Å². The third kappa shape index (κ3) is 2.12. The van der Waals surface area contributed by atoms with Gasteiger partial charge in [0.1, 0.15) is 5.82 Å². The molecule has 1 aromatic rings. The molecule has 0 bridgehead atoms. The second-order valence-electron chi connectivity index (χ2n) is 5.16. The molecule has 0 aliphatic carbocycles. The number of nitrogens with one attached hydrogen (secondary N) is 1. The lowest BCUT2D eigenvalue weighted by Gasteiger charge is -2.23. The molecule has 2 atom stereocenters. The van der Waals surface area contributed by atoms with Crippen LogP contribution in [0, 0.1) is 11.7 Å². The summed E-state index contributed by atoms with van der Waals surface area (Å²) in [6.45, 7) is 2.27. The van der Waals surface area contributed by atoms with Crippen LogP contribution in [0.1, 0.15) is 18.4 Å². The summed E-state index contributed by atoms with van der Waals surface area (Å²) in [7, 11) is 0. The summed E-state index contributed by atoms with van der Waals surface area (Å²) in [6, 6.07) is 6.78. The maximum absolute atomic E-state index is 13.1. The average molecular weight is 248 g/mol. The van der Waals surface area contributed by atoms with E-state index in [1.54, 1.807) is 6.07 Å². The van der Waals surface area contributed by atoms with Crippen molar-refractivity contribution >= 4 is 5.91 Å². The van der Waals surface area contributed by atoms with E-state index in [-0.39, 0.29) is 17.6 Å². The Morgan fingerprint density at radius 1 is 1.44 bits per heavy atom. The Bertz CT molecular complexity index is 463. The fourth-order valence-corrected chi connectivity index (χ4v) is 3.00. The number of carbonyl (C=O) groups is 1. The van der Waals surface area contributed by atoms with Gasteiger partial charge >= 0.3 is 0 Å². The second-order valence-corrected chi connectivity index (χ2v) is 5.16. The number of fused-ring (bicyclic) bond motifs is 1. The van der Waals surface area contributed by atoms with Crippen LogP contribution in [0.3, 0.4) is 0 Å². The Kier molecular flexibility index (Phi) is 3.04. The zero-order chi connectivity index (χ0) is 12.5. The molecule has 1 N–H and O–H groups in total. The first-order valence-electron chi connectivity index (χ1n) is 6.50. The first-order chi connectivity index (χ1) is 8.74. The van der Waals surface area contributed by atoms with Gasteiger partial charge in [-0.25, -0.2) is 4.39 Å². The van der Waals surface area contributed by atoms with Crippen LogP contribution in [0.2, 0.25) is 0 Å². The minimum Gasteiger partial charge on any atom is -0.336 e. The van der Waals surface area contributed by atoms with E-state index < -0.39 is 0 Å². The zero-order valence-corrected chi connectivity index (χ0v) is 10.2. The average Bonchev–Trinajstić information content (AvgIpc) is 2.67. The molecule has 2 heterocycles. The number of carbonyl (C=O) groups excluding carboxylic acids is 1. The van der Waals surface area contributed by atoms with E-state index in [2.05, 4.69) is 5.32 Å². The van der Waals surface area contributed by atoms with Gasteiger partial charge in [0.25, 0.3) is 0 Å². The lowest BCUT2D eigenvalue weighted by Crippen LogP contribution is -2.41. The quantitative estimate of drug-likeness (QED) is 0.861. The third-order valence-corrected chi connectivity index (χ3v) is 3.89. The number of likely N-dealkylation sites (tertiary alicyclic amines) is 1. The molecule has 2 aliphatic rings. The normalized spacial score (nSPS) is 27.4. The predicted octanol–water partition coefficient (Wildman–Crippen LogP) is 1.54. The van der Waals surface area contributed by atoms with Crippen LogP contribution >= 0.6 is 0 Å². The monoisotopic (exact) mass is 248 g/mol. The molecule has 0 spiro atoms. The summed E-state index contributed by atoms with van der Waals surface area (Å²) in [4.78, 5) is 14.1. The fraction of sp³-hybridized carbons (Fsp3) is 0.500. The van der Waals surface area contributed by atoms with E-state index in [0.717, 1.165) is 31.5 Å². The number of benzene rings is 1. The topological polar surface area (TPSA) is 32.3 Å². The van der Waals surface area contributed by atoms with Crippen molar-refractivity contribution in [2.45, 2.75) is 25.4 Å². The van der Waals surface area contributed by atoms with Crippen LogP contribution in [-0.2, 0) is 11.3 Å². The maximum atomic E-state index is 13.1. The van der Waals surface area contributed by atoms with E-state index in [9.17, 15) is 9.18 Å². The number of hydrogen-bond donors (Lipinski definition) is 1. The van der Waals surface area contributed by atoms with Gasteiger partial charge in [0, 0.05) is 19.1 Å². The summed E-state index contributed by atoms with van der Waals surface area (Å²) >= 11 is 0. The number of rotatable bonds is 2. The molecule has 2 aliphatic heterocycles. The number of piperidine rings is 1. The van der Waals surface area contributed by atoms with Crippen LogP contribution < -0.4 is 5.32 Å². The van der Waals surface area contributed by atoms with Gasteiger partial charge in [0.15, 0.2) is 0 Å².